The molecule has 32 heavy (non-hydrogen) atoms. The van der Waals surface area contributed by atoms with Crippen LogP contribution in [0, 0.1) is 17.8 Å². The van der Waals surface area contributed by atoms with Crippen LogP contribution in [0.5, 0.6) is 0 Å². The summed E-state index contributed by atoms with van der Waals surface area (Å²) >= 11 is 0. The molecule has 1 aromatic rings. The standard InChI is InChI=1S/C22H22F4O5S/c23-21(24,22(25,26)32(27,28)29)17-12-13-11-16(17)19-18(13)30-20(31-19,14-7-3-1-4-8-14)15-9-5-2-6-10-15/h1-5,7-9,13,16-19H,6,10-12H2,(H,27,28,29). The van der Waals surface area contributed by atoms with Crippen LogP contribution in [0.15, 0.2) is 54.1 Å². The summed E-state index contributed by atoms with van der Waals surface area (Å²) in [6.07, 6.45) is 5.44. The summed E-state index contributed by atoms with van der Waals surface area (Å²) in [6, 6.07) is 9.03. The number of hydrogen-bond acceptors (Lipinski definition) is 4. The lowest BCUT2D eigenvalue weighted by molar-refractivity contribution is -0.213. The quantitative estimate of drug-likeness (QED) is 0.496. The Kier molecular flexibility index (Phi) is 4.91. The minimum Gasteiger partial charge on any atom is -0.336 e. The van der Waals surface area contributed by atoms with E-state index in [1.54, 1.807) is 24.3 Å². The molecule has 3 fully saturated rings. The van der Waals surface area contributed by atoms with Gasteiger partial charge in [-0.25, -0.2) is 0 Å². The molecule has 2 bridgehead atoms. The summed E-state index contributed by atoms with van der Waals surface area (Å²) in [4.78, 5) is 0. The fourth-order valence-corrected chi connectivity index (χ4v) is 6.29. The van der Waals surface area contributed by atoms with Crippen molar-refractivity contribution < 1.29 is 40.0 Å². The SMILES string of the molecule is O=S(=O)(O)C(F)(F)C(F)(F)C1CC2CC1C1OC(C3=CC=CCC3)(c3ccccc3)OC21. The molecule has 4 aliphatic rings. The first-order valence-electron chi connectivity index (χ1n) is 10.5. The van der Waals surface area contributed by atoms with Crippen LogP contribution in [0.1, 0.15) is 31.2 Å². The molecule has 0 radical (unpaired) electrons. The highest BCUT2D eigenvalue weighted by Gasteiger charge is 2.75. The maximum atomic E-state index is 14.8. The normalized spacial score (nSPS) is 36.9. The van der Waals surface area contributed by atoms with E-state index in [-0.39, 0.29) is 12.8 Å². The highest BCUT2D eigenvalue weighted by Crippen LogP contribution is 2.64. The molecule has 3 aliphatic carbocycles. The Balaban J connectivity index is 1.51. The first-order chi connectivity index (χ1) is 15.0. The number of hydrogen-bond donors (Lipinski definition) is 1. The average molecular weight is 474 g/mol. The van der Waals surface area contributed by atoms with Gasteiger partial charge in [-0.1, -0.05) is 48.6 Å². The van der Waals surface area contributed by atoms with Crippen molar-refractivity contribution in [1.82, 2.24) is 0 Å². The lowest BCUT2D eigenvalue weighted by atomic mass is 9.81. The van der Waals surface area contributed by atoms with Crippen molar-refractivity contribution in [1.29, 1.82) is 0 Å². The van der Waals surface area contributed by atoms with Gasteiger partial charge in [-0.2, -0.15) is 26.0 Å². The third kappa shape index (κ3) is 2.96. The molecule has 2 saturated carbocycles. The number of halogens is 4. The van der Waals surface area contributed by atoms with Crippen LogP contribution >= 0.6 is 0 Å². The first kappa shape index (κ1) is 22.1. The van der Waals surface area contributed by atoms with Gasteiger partial charge in [0.2, 0.25) is 5.79 Å². The average Bonchev–Trinajstić information content (AvgIpc) is 3.45. The smallest absolute Gasteiger partial charge is 0.336 e. The monoisotopic (exact) mass is 474 g/mol. The van der Waals surface area contributed by atoms with E-state index in [0.29, 0.717) is 12.0 Å². The van der Waals surface area contributed by atoms with Gasteiger partial charge in [0.1, 0.15) is 0 Å². The van der Waals surface area contributed by atoms with Gasteiger partial charge in [0.15, 0.2) is 0 Å². The topological polar surface area (TPSA) is 72.8 Å². The van der Waals surface area contributed by atoms with Gasteiger partial charge in [0.25, 0.3) is 0 Å². The highest BCUT2D eigenvalue weighted by atomic mass is 32.2. The summed E-state index contributed by atoms with van der Waals surface area (Å²) in [5, 5.41) is -5.59. The molecule has 1 saturated heterocycles. The molecule has 1 aliphatic heterocycles. The van der Waals surface area contributed by atoms with Gasteiger partial charge in [-0.3, -0.25) is 4.55 Å². The number of ether oxygens (including phenoxy) is 2. The lowest BCUT2D eigenvalue weighted by Crippen LogP contribution is -2.55. The minimum atomic E-state index is -6.29. The Hall–Kier alpha value is -1.75. The Bertz CT molecular complexity index is 1070. The molecule has 5 rings (SSSR count). The Labute approximate surface area is 182 Å². The molecule has 0 spiro atoms. The molecule has 174 valence electrons. The summed E-state index contributed by atoms with van der Waals surface area (Å²) in [5.74, 6) is -9.73. The number of allylic oxidation sites excluding steroid dienone is 3. The van der Waals surface area contributed by atoms with Gasteiger partial charge in [-0.15, -0.1) is 0 Å². The largest absolute Gasteiger partial charge is 0.431 e. The van der Waals surface area contributed by atoms with E-state index in [0.717, 1.165) is 12.0 Å². The number of rotatable bonds is 5. The van der Waals surface area contributed by atoms with Gasteiger partial charge in [0.05, 0.1) is 12.2 Å². The Morgan fingerprint density at radius 1 is 1.03 bits per heavy atom. The molecule has 0 amide bonds. The molecule has 6 unspecified atom stereocenters. The zero-order valence-corrected chi connectivity index (χ0v) is 17.7. The molecule has 1 N–H and O–H groups in total. The second kappa shape index (κ2) is 7.12. The molecule has 5 nitrogen and oxygen atoms in total. The van der Waals surface area contributed by atoms with Crippen LogP contribution < -0.4 is 0 Å². The zero-order valence-electron chi connectivity index (χ0n) is 16.8. The predicted octanol–water partition coefficient (Wildman–Crippen LogP) is 4.67. The Morgan fingerprint density at radius 2 is 1.72 bits per heavy atom. The van der Waals surface area contributed by atoms with Gasteiger partial charge in [0, 0.05) is 11.5 Å². The summed E-state index contributed by atoms with van der Waals surface area (Å²) < 4.78 is 101. The maximum Gasteiger partial charge on any atom is 0.431 e. The predicted molar refractivity (Wildman–Crippen MR) is 105 cm³/mol. The van der Waals surface area contributed by atoms with E-state index < -0.39 is 57.0 Å². The fraction of sp³-hybridized carbons (Fsp3) is 0.545. The lowest BCUT2D eigenvalue weighted by Gasteiger charge is -2.37. The van der Waals surface area contributed by atoms with E-state index in [2.05, 4.69) is 0 Å². The van der Waals surface area contributed by atoms with E-state index in [1.807, 2.05) is 24.3 Å². The third-order valence-corrected chi connectivity index (χ3v) is 8.15. The van der Waals surface area contributed by atoms with Gasteiger partial charge >= 0.3 is 21.3 Å². The molecular formula is C22H22F4O5S. The summed E-state index contributed by atoms with van der Waals surface area (Å²) in [5.41, 5.74) is 1.49. The van der Waals surface area contributed by atoms with Crippen molar-refractivity contribution in [2.45, 2.75) is 54.9 Å². The van der Waals surface area contributed by atoms with Crippen LogP contribution in [0.25, 0.3) is 0 Å². The molecule has 10 heteroatoms. The van der Waals surface area contributed by atoms with Crippen molar-refractivity contribution in [3.05, 3.63) is 59.7 Å². The van der Waals surface area contributed by atoms with Crippen LogP contribution in [-0.4, -0.2) is 36.4 Å². The third-order valence-electron chi connectivity index (χ3n) is 7.23. The van der Waals surface area contributed by atoms with Gasteiger partial charge in [-0.05, 0) is 43.1 Å². The van der Waals surface area contributed by atoms with E-state index in [4.69, 9.17) is 14.0 Å². The van der Waals surface area contributed by atoms with Crippen molar-refractivity contribution in [3.8, 4) is 0 Å². The van der Waals surface area contributed by atoms with Crippen molar-refractivity contribution in [3.63, 3.8) is 0 Å². The first-order valence-corrected chi connectivity index (χ1v) is 11.9. The molecule has 6 atom stereocenters. The molecule has 0 aromatic heterocycles. The zero-order chi connectivity index (χ0) is 22.9. The van der Waals surface area contributed by atoms with Crippen LogP contribution in [-0.2, 0) is 25.4 Å². The number of fused-ring (bicyclic) bond motifs is 5. The van der Waals surface area contributed by atoms with Crippen molar-refractivity contribution >= 4 is 10.1 Å². The second-order valence-electron chi connectivity index (χ2n) is 8.92. The van der Waals surface area contributed by atoms with E-state index in [9.17, 15) is 26.0 Å². The fourth-order valence-electron chi connectivity index (χ4n) is 5.79. The van der Waals surface area contributed by atoms with Crippen LogP contribution in [0.2, 0.25) is 0 Å². The van der Waals surface area contributed by atoms with Crippen molar-refractivity contribution in [2.75, 3.05) is 0 Å². The molecular weight excluding hydrogens is 452 g/mol. The van der Waals surface area contributed by atoms with Crippen LogP contribution in [0.4, 0.5) is 17.6 Å². The van der Waals surface area contributed by atoms with E-state index >= 15 is 0 Å². The maximum absolute atomic E-state index is 14.8. The van der Waals surface area contributed by atoms with Crippen LogP contribution in [0.3, 0.4) is 0 Å². The number of benzene rings is 1. The minimum absolute atomic E-state index is 0.168. The highest BCUT2D eigenvalue weighted by molar-refractivity contribution is 7.87. The Morgan fingerprint density at radius 3 is 2.34 bits per heavy atom. The number of alkyl halides is 4. The van der Waals surface area contributed by atoms with E-state index in [1.165, 1.54) is 0 Å². The summed E-state index contributed by atoms with van der Waals surface area (Å²) in [6.45, 7) is 0. The van der Waals surface area contributed by atoms with Gasteiger partial charge < -0.3 is 9.47 Å². The van der Waals surface area contributed by atoms with Crippen molar-refractivity contribution in [2.24, 2.45) is 17.8 Å². The summed E-state index contributed by atoms with van der Waals surface area (Å²) in [7, 11) is -6.29. The molecule has 1 aromatic carbocycles. The molecule has 1 heterocycles. The second-order valence-corrected chi connectivity index (χ2v) is 10.4.